The molecule has 0 aliphatic carbocycles. The van der Waals surface area contributed by atoms with E-state index in [9.17, 15) is 4.79 Å². The van der Waals surface area contributed by atoms with Crippen molar-refractivity contribution in [1.82, 2.24) is 9.80 Å². The van der Waals surface area contributed by atoms with Crippen LogP contribution in [0.15, 0.2) is 60.7 Å². The predicted molar refractivity (Wildman–Crippen MR) is 124 cm³/mol. The summed E-state index contributed by atoms with van der Waals surface area (Å²) in [5, 5.41) is 0. The van der Waals surface area contributed by atoms with Crippen molar-refractivity contribution in [3.63, 3.8) is 0 Å². The molecule has 2 unspecified atom stereocenters. The lowest BCUT2D eigenvalue weighted by Gasteiger charge is -2.45. The highest BCUT2D eigenvalue weighted by Crippen LogP contribution is 2.35. The summed E-state index contributed by atoms with van der Waals surface area (Å²) in [4.78, 5) is 19.1. The lowest BCUT2D eigenvalue weighted by Crippen LogP contribution is -2.54. The van der Waals surface area contributed by atoms with Crippen molar-refractivity contribution in [3.05, 3.63) is 71.8 Å². The van der Waals surface area contributed by atoms with Gasteiger partial charge in [-0.2, -0.15) is 0 Å². The van der Waals surface area contributed by atoms with Gasteiger partial charge < -0.3 is 0 Å². The highest BCUT2D eigenvalue weighted by Gasteiger charge is 2.40. The number of rotatable bonds is 6. The van der Waals surface area contributed by atoms with E-state index < -0.39 is 0 Å². The van der Waals surface area contributed by atoms with Crippen molar-refractivity contribution in [1.29, 1.82) is 0 Å². The fraction of sp³-hybridized carbons (Fsp3) is 0.519. The molecule has 2 heterocycles. The molecule has 4 rings (SSSR count). The third kappa shape index (κ3) is 4.84. The van der Waals surface area contributed by atoms with Gasteiger partial charge in [-0.3, -0.25) is 14.6 Å². The first-order valence-corrected chi connectivity index (χ1v) is 11.8. The molecule has 2 aromatic rings. The number of ketones is 1. The maximum absolute atomic E-state index is 14.0. The molecule has 0 N–H and O–H groups in total. The summed E-state index contributed by atoms with van der Waals surface area (Å²) in [5.74, 6) is 1.80. The normalized spacial score (nSPS) is 21.9. The van der Waals surface area contributed by atoms with Gasteiger partial charge in [0.25, 0.3) is 0 Å². The Kier molecular flexibility index (Phi) is 7.01. The molecule has 0 saturated carbocycles. The van der Waals surface area contributed by atoms with Crippen molar-refractivity contribution >= 4 is 5.78 Å². The first kappa shape index (κ1) is 21.3. The highest BCUT2D eigenvalue weighted by atomic mass is 16.1. The zero-order valence-electron chi connectivity index (χ0n) is 18.5. The quantitative estimate of drug-likeness (QED) is 0.599. The molecular weight excluding hydrogens is 368 g/mol. The van der Waals surface area contributed by atoms with Gasteiger partial charge in [-0.1, -0.05) is 74.5 Å². The van der Waals surface area contributed by atoms with Crippen LogP contribution in [0.5, 0.6) is 0 Å². The summed E-state index contributed by atoms with van der Waals surface area (Å²) >= 11 is 0. The Hall–Kier alpha value is -1.97. The number of nitrogens with zero attached hydrogens (tertiary/aromatic N) is 2. The second-order valence-corrected chi connectivity index (χ2v) is 9.47. The minimum atomic E-state index is -0.129. The molecule has 2 aromatic carbocycles. The van der Waals surface area contributed by atoms with E-state index in [1.807, 2.05) is 30.3 Å². The zero-order valence-corrected chi connectivity index (χ0v) is 18.5. The van der Waals surface area contributed by atoms with Gasteiger partial charge in [-0.05, 0) is 69.3 Å². The second-order valence-electron chi connectivity index (χ2n) is 9.47. The summed E-state index contributed by atoms with van der Waals surface area (Å²) < 4.78 is 0. The Balaban J connectivity index is 1.73. The van der Waals surface area contributed by atoms with E-state index in [2.05, 4.69) is 54.0 Å². The first-order valence-electron chi connectivity index (χ1n) is 11.8. The molecule has 3 heteroatoms. The van der Waals surface area contributed by atoms with Crippen molar-refractivity contribution in [3.8, 4) is 0 Å². The SMILES string of the molecule is CC1CCN(C(C(=O)c2ccccc2)C(c2ccccc2)N2CCC(C)CC2)CC1. The number of carbonyl (C=O) groups excluding carboxylic acids is 1. The number of hydrogen-bond donors (Lipinski definition) is 0. The van der Waals surface area contributed by atoms with Crippen LogP contribution in [0.3, 0.4) is 0 Å². The van der Waals surface area contributed by atoms with Crippen LogP contribution in [0.25, 0.3) is 0 Å². The van der Waals surface area contributed by atoms with E-state index in [-0.39, 0.29) is 17.9 Å². The second kappa shape index (κ2) is 9.89. The summed E-state index contributed by atoms with van der Waals surface area (Å²) in [6.45, 7) is 8.86. The fourth-order valence-electron chi connectivity index (χ4n) is 5.14. The molecule has 0 amide bonds. The summed E-state index contributed by atoms with van der Waals surface area (Å²) in [6, 6.07) is 20.7. The monoisotopic (exact) mass is 404 g/mol. The van der Waals surface area contributed by atoms with Gasteiger partial charge in [0.15, 0.2) is 5.78 Å². The average Bonchev–Trinajstić information content (AvgIpc) is 2.80. The van der Waals surface area contributed by atoms with E-state index in [0.717, 1.165) is 43.6 Å². The number of hydrogen-bond acceptors (Lipinski definition) is 3. The van der Waals surface area contributed by atoms with Crippen molar-refractivity contribution in [2.24, 2.45) is 11.8 Å². The molecular formula is C27H36N2O. The van der Waals surface area contributed by atoms with Crippen molar-refractivity contribution in [2.75, 3.05) is 26.2 Å². The molecule has 0 radical (unpaired) electrons. The Morgan fingerprint density at radius 3 is 1.73 bits per heavy atom. The van der Waals surface area contributed by atoms with Crippen LogP contribution in [-0.4, -0.2) is 47.8 Å². The van der Waals surface area contributed by atoms with Gasteiger partial charge in [0.2, 0.25) is 0 Å². The molecule has 2 aliphatic rings. The van der Waals surface area contributed by atoms with Crippen molar-refractivity contribution < 1.29 is 4.79 Å². The van der Waals surface area contributed by atoms with E-state index in [4.69, 9.17) is 0 Å². The van der Waals surface area contributed by atoms with Crippen molar-refractivity contribution in [2.45, 2.75) is 51.6 Å². The van der Waals surface area contributed by atoms with Crippen LogP contribution in [0.4, 0.5) is 0 Å². The van der Waals surface area contributed by atoms with E-state index in [0.29, 0.717) is 0 Å². The van der Waals surface area contributed by atoms with Gasteiger partial charge in [0, 0.05) is 5.56 Å². The van der Waals surface area contributed by atoms with Crippen LogP contribution in [0.1, 0.15) is 61.5 Å². The Morgan fingerprint density at radius 2 is 1.20 bits per heavy atom. The molecule has 0 aromatic heterocycles. The standard InChI is InChI=1S/C27H36N2O/c1-21-13-17-28(18-14-21)25(23-9-5-3-6-10-23)26(29-19-15-22(2)16-20-29)27(30)24-11-7-4-8-12-24/h3-12,21-22,25-26H,13-20H2,1-2H3. The number of benzene rings is 2. The van der Waals surface area contributed by atoms with Crippen LogP contribution in [0.2, 0.25) is 0 Å². The Labute approximate surface area is 182 Å². The lowest BCUT2D eigenvalue weighted by atomic mass is 9.86. The zero-order chi connectivity index (χ0) is 20.9. The maximum Gasteiger partial charge on any atom is 0.181 e. The highest BCUT2D eigenvalue weighted by molar-refractivity contribution is 6.00. The van der Waals surface area contributed by atoms with E-state index >= 15 is 0 Å². The van der Waals surface area contributed by atoms with Gasteiger partial charge in [0.05, 0.1) is 12.1 Å². The smallest absolute Gasteiger partial charge is 0.181 e. The molecule has 0 bridgehead atoms. The molecule has 2 aliphatic heterocycles. The molecule has 2 saturated heterocycles. The van der Waals surface area contributed by atoms with Gasteiger partial charge in [-0.15, -0.1) is 0 Å². The molecule has 30 heavy (non-hydrogen) atoms. The van der Waals surface area contributed by atoms with Crippen LogP contribution < -0.4 is 0 Å². The summed E-state index contributed by atoms with van der Waals surface area (Å²) in [5.41, 5.74) is 2.12. The molecule has 3 nitrogen and oxygen atoms in total. The molecule has 160 valence electrons. The number of Topliss-reactive ketones (excluding diaryl/α,β-unsaturated/α-hetero) is 1. The lowest BCUT2D eigenvalue weighted by molar-refractivity contribution is 0.0333. The first-order chi connectivity index (χ1) is 14.6. The third-order valence-electron chi connectivity index (χ3n) is 7.19. The fourth-order valence-corrected chi connectivity index (χ4v) is 5.14. The van der Waals surface area contributed by atoms with Gasteiger partial charge >= 0.3 is 0 Å². The third-order valence-corrected chi connectivity index (χ3v) is 7.19. The minimum Gasteiger partial charge on any atom is -0.294 e. The topological polar surface area (TPSA) is 23.6 Å². The van der Waals surface area contributed by atoms with E-state index in [1.165, 1.54) is 31.2 Å². The summed E-state index contributed by atoms with van der Waals surface area (Å²) in [7, 11) is 0. The number of piperidine rings is 2. The summed E-state index contributed by atoms with van der Waals surface area (Å²) in [6.07, 6.45) is 4.79. The predicted octanol–water partition coefficient (Wildman–Crippen LogP) is 5.44. The minimum absolute atomic E-state index is 0.111. The van der Waals surface area contributed by atoms with Crippen LogP contribution in [0, 0.1) is 11.8 Å². The Bertz CT molecular complexity index is 790. The van der Waals surface area contributed by atoms with Crippen LogP contribution >= 0.6 is 0 Å². The largest absolute Gasteiger partial charge is 0.294 e. The number of likely N-dealkylation sites (tertiary alicyclic amines) is 2. The number of carbonyl (C=O) groups is 1. The maximum atomic E-state index is 14.0. The molecule has 0 spiro atoms. The van der Waals surface area contributed by atoms with Gasteiger partial charge in [-0.25, -0.2) is 0 Å². The molecule has 2 atom stereocenters. The van der Waals surface area contributed by atoms with Crippen LogP contribution in [-0.2, 0) is 0 Å². The Morgan fingerprint density at radius 1 is 0.733 bits per heavy atom. The van der Waals surface area contributed by atoms with Gasteiger partial charge in [0.1, 0.15) is 0 Å². The van der Waals surface area contributed by atoms with E-state index in [1.54, 1.807) is 0 Å². The average molecular weight is 405 g/mol. The molecule has 2 fully saturated rings.